The molecular weight excluding hydrogens is 242 g/mol. The van der Waals surface area contributed by atoms with Crippen LogP contribution in [-0.4, -0.2) is 26.8 Å². The van der Waals surface area contributed by atoms with Gasteiger partial charge in [0.1, 0.15) is 5.15 Å². The van der Waals surface area contributed by atoms with E-state index in [1.165, 1.54) is 0 Å². The third-order valence-corrected chi connectivity index (χ3v) is 4.14. The number of rotatable bonds is 5. The minimum absolute atomic E-state index is 0.146. The first kappa shape index (κ1) is 13.9. The van der Waals surface area contributed by atoms with Crippen molar-refractivity contribution in [2.24, 2.45) is 12.8 Å². The Kier molecular flexibility index (Phi) is 5.15. The fraction of sp³-hybridized carbons (Fsp3) is 0.727. The molecule has 1 heterocycles. The van der Waals surface area contributed by atoms with Gasteiger partial charge in [0.05, 0.1) is 5.69 Å². The summed E-state index contributed by atoms with van der Waals surface area (Å²) >= 11 is 8.04. The maximum absolute atomic E-state index is 6.16. The molecule has 5 heteroatoms. The summed E-state index contributed by atoms with van der Waals surface area (Å²) in [4.78, 5) is 0. The quantitative estimate of drug-likeness (QED) is 0.885. The molecule has 0 spiro atoms. The summed E-state index contributed by atoms with van der Waals surface area (Å²) in [5.74, 6) is 0.961. The standard InChI is InChI=1S/C11H20ClN3S/c1-7(2)16-6-9(13)5-10-8(3)14-15(4)11(10)12/h7,9H,5-6,13H2,1-4H3. The minimum Gasteiger partial charge on any atom is -0.327 e. The van der Waals surface area contributed by atoms with Gasteiger partial charge in [-0.05, 0) is 18.6 Å². The predicted octanol–water partition coefficient (Wildman–Crippen LogP) is 2.39. The van der Waals surface area contributed by atoms with Gasteiger partial charge in [-0.15, -0.1) is 0 Å². The van der Waals surface area contributed by atoms with Crippen LogP contribution in [0.15, 0.2) is 0 Å². The van der Waals surface area contributed by atoms with Gasteiger partial charge in [-0.2, -0.15) is 16.9 Å². The highest BCUT2D eigenvalue weighted by molar-refractivity contribution is 7.99. The van der Waals surface area contributed by atoms with Gasteiger partial charge in [0.15, 0.2) is 0 Å². The molecule has 0 bridgehead atoms. The van der Waals surface area contributed by atoms with Crippen molar-refractivity contribution in [2.45, 2.75) is 38.5 Å². The Morgan fingerprint density at radius 1 is 1.50 bits per heavy atom. The second-order valence-corrected chi connectivity index (χ2v) is 6.29. The molecule has 1 unspecified atom stereocenters. The first-order chi connectivity index (χ1) is 7.41. The molecule has 0 aliphatic carbocycles. The first-order valence-electron chi connectivity index (χ1n) is 5.47. The zero-order valence-corrected chi connectivity index (χ0v) is 11.9. The van der Waals surface area contributed by atoms with E-state index < -0.39 is 0 Å². The molecule has 0 saturated heterocycles. The van der Waals surface area contributed by atoms with E-state index in [2.05, 4.69) is 18.9 Å². The summed E-state index contributed by atoms with van der Waals surface area (Å²) in [6.07, 6.45) is 0.804. The fourth-order valence-corrected chi connectivity index (χ4v) is 2.54. The average molecular weight is 262 g/mol. The van der Waals surface area contributed by atoms with Crippen molar-refractivity contribution in [3.8, 4) is 0 Å². The van der Waals surface area contributed by atoms with Gasteiger partial charge >= 0.3 is 0 Å². The number of hydrogen-bond donors (Lipinski definition) is 1. The van der Waals surface area contributed by atoms with Crippen molar-refractivity contribution in [3.63, 3.8) is 0 Å². The third-order valence-electron chi connectivity index (χ3n) is 2.38. The molecule has 0 radical (unpaired) electrons. The Hall–Kier alpha value is -0.190. The Labute approximate surface area is 107 Å². The van der Waals surface area contributed by atoms with Crippen LogP contribution in [0.3, 0.4) is 0 Å². The molecule has 0 saturated carbocycles. The Bertz CT molecular complexity index is 349. The lowest BCUT2D eigenvalue weighted by atomic mass is 10.1. The largest absolute Gasteiger partial charge is 0.327 e. The van der Waals surface area contributed by atoms with Gasteiger partial charge in [0.2, 0.25) is 0 Å². The van der Waals surface area contributed by atoms with E-state index in [9.17, 15) is 0 Å². The van der Waals surface area contributed by atoms with Crippen LogP contribution in [0.2, 0.25) is 5.15 Å². The molecule has 0 aromatic carbocycles. The smallest absolute Gasteiger partial charge is 0.130 e. The van der Waals surface area contributed by atoms with Gasteiger partial charge in [-0.1, -0.05) is 25.4 Å². The molecule has 3 nitrogen and oxygen atoms in total. The predicted molar refractivity (Wildman–Crippen MR) is 72.2 cm³/mol. The summed E-state index contributed by atoms with van der Waals surface area (Å²) in [7, 11) is 1.85. The lowest BCUT2D eigenvalue weighted by molar-refractivity contribution is 0.742. The van der Waals surface area contributed by atoms with E-state index in [4.69, 9.17) is 17.3 Å². The minimum atomic E-state index is 0.146. The monoisotopic (exact) mass is 261 g/mol. The molecule has 1 atom stereocenters. The van der Waals surface area contributed by atoms with E-state index in [1.807, 2.05) is 25.7 Å². The summed E-state index contributed by atoms with van der Waals surface area (Å²) in [6.45, 7) is 6.34. The second-order valence-electron chi connectivity index (χ2n) is 4.32. The number of hydrogen-bond acceptors (Lipinski definition) is 3. The average Bonchev–Trinajstić information content (AvgIpc) is 2.42. The fourth-order valence-electron chi connectivity index (χ4n) is 1.54. The molecule has 1 aromatic heterocycles. The van der Waals surface area contributed by atoms with Crippen LogP contribution in [0.1, 0.15) is 25.1 Å². The van der Waals surface area contributed by atoms with Crippen molar-refractivity contribution in [1.82, 2.24) is 9.78 Å². The highest BCUT2D eigenvalue weighted by Gasteiger charge is 2.14. The van der Waals surface area contributed by atoms with E-state index in [0.29, 0.717) is 10.4 Å². The number of aromatic nitrogens is 2. The maximum Gasteiger partial charge on any atom is 0.130 e. The number of halogens is 1. The van der Waals surface area contributed by atoms with E-state index in [0.717, 1.165) is 23.4 Å². The topological polar surface area (TPSA) is 43.8 Å². The van der Waals surface area contributed by atoms with Crippen LogP contribution in [0.25, 0.3) is 0 Å². The van der Waals surface area contributed by atoms with Gasteiger partial charge < -0.3 is 5.73 Å². The van der Waals surface area contributed by atoms with Gasteiger partial charge in [-0.3, -0.25) is 4.68 Å². The van der Waals surface area contributed by atoms with Crippen molar-refractivity contribution >= 4 is 23.4 Å². The molecule has 2 N–H and O–H groups in total. The molecule has 0 aliphatic heterocycles. The van der Waals surface area contributed by atoms with Crippen LogP contribution in [0.5, 0.6) is 0 Å². The van der Waals surface area contributed by atoms with Crippen LogP contribution in [-0.2, 0) is 13.5 Å². The van der Waals surface area contributed by atoms with Crippen LogP contribution in [0.4, 0.5) is 0 Å². The molecular formula is C11H20ClN3S. The molecule has 0 aliphatic rings. The van der Waals surface area contributed by atoms with Crippen molar-refractivity contribution < 1.29 is 0 Å². The lowest BCUT2D eigenvalue weighted by Gasteiger charge is -2.12. The Morgan fingerprint density at radius 3 is 2.56 bits per heavy atom. The normalized spacial score (nSPS) is 13.4. The van der Waals surface area contributed by atoms with Crippen molar-refractivity contribution in [3.05, 3.63) is 16.4 Å². The Balaban J connectivity index is 2.59. The second kappa shape index (κ2) is 5.94. The van der Waals surface area contributed by atoms with Crippen molar-refractivity contribution in [1.29, 1.82) is 0 Å². The molecule has 0 amide bonds. The molecule has 1 rings (SSSR count). The Morgan fingerprint density at radius 2 is 2.12 bits per heavy atom. The maximum atomic E-state index is 6.16. The van der Waals surface area contributed by atoms with Crippen LogP contribution in [0, 0.1) is 6.92 Å². The number of nitrogens with two attached hydrogens (primary N) is 1. The van der Waals surface area contributed by atoms with Gasteiger partial charge in [0, 0.05) is 24.4 Å². The number of nitrogens with zero attached hydrogens (tertiary/aromatic N) is 2. The van der Waals surface area contributed by atoms with E-state index in [1.54, 1.807) is 4.68 Å². The summed E-state index contributed by atoms with van der Waals surface area (Å²) in [5, 5.41) is 5.61. The zero-order valence-electron chi connectivity index (χ0n) is 10.3. The van der Waals surface area contributed by atoms with Crippen LogP contribution >= 0.6 is 23.4 Å². The molecule has 0 fully saturated rings. The highest BCUT2D eigenvalue weighted by Crippen LogP contribution is 2.21. The number of aryl methyl sites for hydroxylation is 2. The zero-order chi connectivity index (χ0) is 12.3. The molecule has 92 valence electrons. The van der Waals surface area contributed by atoms with Gasteiger partial charge in [0.25, 0.3) is 0 Å². The SMILES string of the molecule is Cc1nn(C)c(Cl)c1CC(N)CSC(C)C. The third kappa shape index (κ3) is 3.68. The van der Waals surface area contributed by atoms with Crippen LogP contribution < -0.4 is 5.73 Å². The first-order valence-corrected chi connectivity index (χ1v) is 6.89. The molecule has 1 aromatic rings. The number of thioether (sulfide) groups is 1. The highest BCUT2D eigenvalue weighted by atomic mass is 35.5. The summed E-state index contributed by atoms with van der Waals surface area (Å²) < 4.78 is 1.70. The summed E-state index contributed by atoms with van der Waals surface area (Å²) in [5.41, 5.74) is 8.15. The van der Waals surface area contributed by atoms with E-state index in [-0.39, 0.29) is 6.04 Å². The van der Waals surface area contributed by atoms with Gasteiger partial charge in [-0.25, -0.2) is 0 Å². The lowest BCUT2D eigenvalue weighted by Crippen LogP contribution is -2.26. The van der Waals surface area contributed by atoms with Crippen molar-refractivity contribution in [2.75, 3.05) is 5.75 Å². The summed E-state index contributed by atoms with van der Waals surface area (Å²) in [6, 6.07) is 0.146. The van der Waals surface area contributed by atoms with E-state index >= 15 is 0 Å². The molecule has 16 heavy (non-hydrogen) atoms.